The molecule has 1 aliphatic rings. The highest BCUT2D eigenvalue weighted by Gasteiger charge is 2.19. The summed E-state index contributed by atoms with van der Waals surface area (Å²) in [4.78, 5) is 16.9. The van der Waals surface area contributed by atoms with E-state index < -0.39 is 0 Å². The fraction of sp³-hybridized carbons (Fsp3) is 0.720. The first-order valence-corrected chi connectivity index (χ1v) is 11.5. The molecule has 0 aliphatic carbocycles. The summed E-state index contributed by atoms with van der Waals surface area (Å²) >= 11 is 0. The maximum Gasteiger partial charge on any atom is 0.234 e. The van der Waals surface area contributed by atoms with E-state index in [1.54, 1.807) is 0 Å². The number of nitrogens with one attached hydrogen (secondary N) is 1. The van der Waals surface area contributed by atoms with Gasteiger partial charge in [0.15, 0.2) is 0 Å². The third kappa shape index (κ3) is 11.4. The Morgan fingerprint density at radius 2 is 1.52 bits per heavy atom. The van der Waals surface area contributed by atoms with Gasteiger partial charge in [-0.3, -0.25) is 14.6 Å². The first-order chi connectivity index (χ1) is 13.7. The van der Waals surface area contributed by atoms with E-state index in [0.717, 1.165) is 52.1 Å². The fourth-order valence-electron chi connectivity index (χ4n) is 3.45. The number of hydrogen-bond acceptors (Lipinski definition) is 3. The molecule has 4 nitrogen and oxygen atoms in total. The Kier molecular flexibility index (Phi) is 11.5. The molecular formula is C25H47N3O. The van der Waals surface area contributed by atoms with Gasteiger partial charge in [-0.05, 0) is 35.3 Å². The molecule has 2 rings (SSSR count). The molecule has 168 valence electrons. The molecule has 0 atom stereocenters. The lowest BCUT2D eigenvalue weighted by Gasteiger charge is -2.34. The van der Waals surface area contributed by atoms with Crippen LogP contribution in [-0.2, 0) is 17.8 Å². The summed E-state index contributed by atoms with van der Waals surface area (Å²) in [7, 11) is 0. The Morgan fingerprint density at radius 3 is 2.03 bits per heavy atom. The monoisotopic (exact) mass is 405 g/mol. The second-order valence-corrected chi connectivity index (χ2v) is 9.63. The van der Waals surface area contributed by atoms with Gasteiger partial charge in [0.05, 0.1) is 6.54 Å². The predicted molar refractivity (Wildman–Crippen MR) is 127 cm³/mol. The van der Waals surface area contributed by atoms with Crippen LogP contribution in [0.1, 0.15) is 67.4 Å². The molecule has 1 fully saturated rings. The highest BCUT2D eigenvalue weighted by Crippen LogP contribution is 2.17. The number of nitrogens with zero attached hydrogens (tertiary/aromatic N) is 2. The van der Waals surface area contributed by atoms with E-state index in [4.69, 9.17) is 0 Å². The van der Waals surface area contributed by atoms with Crippen LogP contribution in [0.15, 0.2) is 24.3 Å². The van der Waals surface area contributed by atoms with Crippen LogP contribution in [0.4, 0.5) is 0 Å². The molecule has 29 heavy (non-hydrogen) atoms. The summed E-state index contributed by atoms with van der Waals surface area (Å²) in [5.74, 6) is 0.864. The van der Waals surface area contributed by atoms with E-state index >= 15 is 0 Å². The summed E-state index contributed by atoms with van der Waals surface area (Å²) in [6, 6.07) is 9.08. The molecule has 0 spiro atoms. The van der Waals surface area contributed by atoms with Gasteiger partial charge in [-0.2, -0.15) is 0 Å². The average molecular weight is 406 g/mol. The molecular weight excluding hydrogens is 358 g/mol. The first kappa shape index (κ1) is 25.6. The molecule has 1 aromatic rings. The van der Waals surface area contributed by atoms with E-state index in [-0.39, 0.29) is 12.7 Å². The van der Waals surface area contributed by atoms with E-state index in [9.17, 15) is 4.79 Å². The average Bonchev–Trinajstić information content (AvgIpc) is 2.65. The molecule has 0 radical (unpaired) electrons. The van der Waals surface area contributed by atoms with Crippen LogP contribution >= 0.6 is 0 Å². The summed E-state index contributed by atoms with van der Waals surface area (Å²) in [5, 5.41) is 3.06. The lowest BCUT2D eigenvalue weighted by Crippen LogP contribution is -2.49. The predicted octanol–water partition coefficient (Wildman–Crippen LogP) is 4.83. The number of amides is 1. The van der Waals surface area contributed by atoms with E-state index in [1.807, 2.05) is 13.8 Å². The lowest BCUT2D eigenvalue weighted by molar-refractivity contribution is -0.122. The molecule has 1 N–H and O–H groups in total. The summed E-state index contributed by atoms with van der Waals surface area (Å²) in [6.07, 6.45) is 2.17. The zero-order chi connectivity index (χ0) is 21.9. The number of carbonyl (C=O) groups excluding carboxylic acids is 1. The maximum atomic E-state index is 12.1. The fourth-order valence-corrected chi connectivity index (χ4v) is 3.45. The summed E-state index contributed by atoms with van der Waals surface area (Å²) in [5.41, 5.74) is 3.08. The highest BCUT2D eigenvalue weighted by molar-refractivity contribution is 5.77. The molecule has 4 heteroatoms. The van der Waals surface area contributed by atoms with Crippen LogP contribution in [0.2, 0.25) is 0 Å². The van der Waals surface area contributed by atoms with Crippen molar-refractivity contribution in [1.29, 1.82) is 0 Å². The molecule has 0 bridgehead atoms. The normalized spacial score (nSPS) is 15.7. The van der Waals surface area contributed by atoms with Gasteiger partial charge in [0.2, 0.25) is 5.91 Å². The van der Waals surface area contributed by atoms with Crippen molar-refractivity contribution < 1.29 is 6.22 Å². The van der Waals surface area contributed by atoms with Crippen molar-refractivity contribution in [2.24, 2.45) is 11.3 Å². The van der Waals surface area contributed by atoms with Crippen LogP contribution in [-0.4, -0.2) is 55.0 Å². The van der Waals surface area contributed by atoms with Crippen molar-refractivity contribution in [2.75, 3.05) is 39.3 Å². The standard InChI is InChI=1S/C23H39N3O.C2H6.H2/c1-19(2)16-20-6-8-21(9-7-20)17-25-12-14-26(15-13-25)18-22(27)24-11-10-23(3,4)5;1-2;/h6-9,19H,10-18H2,1-5H3,(H,24,27);1-2H3;1H. The van der Waals surface area contributed by atoms with Gasteiger partial charge in [0.1, 0.15) is 0 Å². The Labute approximate surface area is 181 Å². The molecule has 1 aromatic carbocycles. The molecule has 0 unspecified atom stereocenters. The van der Waals surface area contributed by atoms with Crippen LogP contribution in [0, 0.1) is 11.3 Å². The minimum Gasteiger partial charge on any atom is -0.355 e. The van der Waals surface area contributed by atoms with E-state index in [1.165, 1.54) is 11.1 Å². The quantitative estimate of drug-likeness (QED) is 0.673. The number of hydrogen-bond donors (Lipinski definition) is 1. The summed E-state index contributed by atoms with van der Waals surface area (Å²) in [6.45, 7) is 21.5. The van der Waals surface area contributed by atoms with Gasteiger partial charge in [-0.25, -0.2) is 0 Å². The van der Waals surface area contributed by atoms with Gasteiger partial charge >= 0.3 is 0 Å². The van der Waals surface area contributed by atoms with Gasteiger partial charge < -0.3 is 5.32 Å². The van der Waals surface area contributed by atoms with Crippen LogP contribution in [0.3, 0.4) is 0 Å². The van der Waals surface area contributed by atoms with Crippen molar-refractivity contribution in [3.63, 3.8) is 0 Å². The Morgan fingerprint density at radius 1 is 1.00 bits per heavy atom. The molecule has 1 saturated heterocycles. The number of carbonyl (C=O) groups is 1. The SMILES string of the molecule is CC.CC(C)Cc1ccc(CN2CCN(CC(=O)NCCC(C)(C)C)CC2)cc1.[HH]. The molecule has 0 saturated carbocycles. The van der Waals surface area contributed by atoms with Crippen molar-refractivity contribution in [2.45, 2.75) is 67.9 Å². The molecule has 1 heterocycles. The third-order valence-corrected chi connectivity index (χ3v) is 5.10. The van der Waals surface area contributed by atoms with Gasteiger partial charge in [0, 0.05) is 40.7 Å². The smallest absolute Gasteiger partial charge is 0.234 e. The van der Waals surface area contributed by atoms with Gasteiger partial charge in [-0.1, -0.05) is 72.7 Å². The van der Waals surface area contributed by atoms with E-state index in [0.29, 0.717) is 12.5 Å². The zero-order valence-corrected chi connectivity index (χ0v) is 20.1. The van der Waals surface area contributed by atoms with Crippen molar-refractivity contribution in [3.8, 4) is 0 Å². The number of rotatable bonds is 8. The van der Waals surface area contributed by atoms with Crippen molar-refractivity contribution in [1.82, 2.24) is 15.1 Å². The topological polar surface area (TPSA) is 35.6 Å². The minimum atomic E-state index is 0. The third-order valence-electron chi connectivity index (χ3n) is 5.10. The van der Waals surface area contributed by atoms with Gasteiger partial charge in [0.25, 0.3) is 0 Å². The second kappa shape index (κ2) is 13.0. The zero-order valence-electron chi connectivity index (χ0n) is 20.1. The first-order valence-electron chi connectivity index (χ1n) is 11.5. The van der Waals surface area contributed by atoms with Gasteiger partial charge in [-0.15, -0.1) is 0 Å². The van der Waals surface area contributed by atoms with Crippen LogP contribution in [0.25, 0.3) is 0 Å². The largest absolute Gasteiger partial charge is 0.355 e. The van der Waals surface area contributed by atoms with Crippen molar-refractivity contribution in [3.05, 3.63) is 35.4 Å². The summed E-state index contributed by atoms with van der Waals surface area (Å²) < 4.78 is 0. The van der Waals surface area contributed by atoms with Crippen LogP contribution in [0.5, 0.6) is 0 Å². The second-order valence-electron chi connectivity index (χ2n) is 9.63. The lowest BCUT2D eigenvalue weighted by atomic mass is 9.92. The molecule has 1 amide bonds. The van der Waals surface area contributed by atoms with Crippen molar-refractivity contribution >= 4 is 5.91 Å². The van der Waals surface area contributed by atoms with E-state index in [2.05, 4.69) is 74.0 Å². The maximum absolute atomic E-state index is 12.1. The Hall–Kier alpha value is -1.39. The molecule has 1 aliphatic heterocycles. The molecule has 0 aromatic heterocycles. The Bertz CT molecular complexity index is 573. The number of piperazine rings is 1. The van der Waals surface area contributed by atoms with Crippen LogP contribution < -0.4 is 5.32 Å². The number of benzene rings is 1. The highest BCUT2D eigenvalue weighted by atomic mass is 16.2. The minimum absolute atomic E-state index is 0. The Balaban J connectivity index is 0.00000272.